The first-order valence-electron chi connectivity index (χ1n) is 14.8. The molecule has 4 aromatic carbocycles. The average Bonchev–Trinajstić information content (AvgIpc) is 3.05. The first-order valence-corrected chi connectivity index (χ1v) is 17.0. The van der Waals surface area contributed by atoms with Crippen molar-refractivity contribution < 1.29 is 22.7 Å². The number of hydrogen-bond acceptors (Lipinski definition) is 5. The molecular weight excluding hydrogens is 645 g/mol. The van der Waals surface area contributed by atoms with Gasteiger partial charge in [-0.05, 0) is 60.9 Å². The Labute approximate surface area is 280 Å². The van der Waals surface area contributed by atoms with Crippen LogP contribution in [0.5, 0.6) is 5.75 Å². The van der Waals surface area contributed by atoms with Crippen molar-refractivity contribution in [2.75, 3.05) is 24.5 Å². The Morgan fingerprint density at radius 3 is 2.24 bits per heavy atom. The van der Waals surface area contributed by atoms with E-state index in [0.717, 1.165) is 15.4 Å². The van der Waals surface area contributed by atoms with Crippen molar-refractivity contribution in [2.45, 2.75) is 44.2 Å². The molecular formula is C35H37Cl2N3O5S. The number of hydrogen-bond donors (Lipinski definition) is 1. The summed E-state index contributed by atoms with van der Waals surface area (Å²) in [5.74, 6) is -0.781. The van der Waals surface area contributed by atoms with Gasteiger partial charge in [-0.25, -0.2) is 8.42 Å². The molecule has 1 atom stereocenters. The zero-order valence-corrected chi connectivity index (χ0v) is 28.3. The fraction of sp³-hybridized carbons (Fsp3) is 0.257. The molecule has 242 valence electrons. The molecule has 4 rings (SSSR count). The lowest BCUT2D eigenvalue weighted by Crippen LogP contribution is -2.53. The molecule has 0 aliphatic carbocycles. The van der Waals surface area contributed by atoms with Crippen molar-refractivity contribution in [3.63, 3.8) is 0 Å². The van der Waals surface area contributed by atoms with Gasteiger partial charge in [0, 0.05) is 29.6 Å². The third-order valence-electron chi connectivity index (χ3n) is 7.42. The van der Waals surface area contributed by atoms with Crippen molar-refractivity contribution in [3.05, 3.63) is 124 Å². The van der Waals surface area contributed by atoms with Crippen molar-refractivity contribution in [3.8, 4) is 5.75 Å². The number of nitrogens with zero attached hydrogens (tertiary/aromatic N) is 2. The Bertz CT molecular complexity index is 1750. The average molecular weight is 683 g/mol. The summed E-state index contributed by atoms with van der Waals surface area (Å²) in [5.41, 5.74) is 2.38. The predicted octanol–water partition coefficient (Wildman–Crippen LogP) is 6.67. The molecule has 2 amide bonds. The molecule has 0 heterocycles. The second-order valence-electron chi connectivity index (χ2n) is 10.8. The van der Waals surface area contributed by atoms with Crippen LogP contribution in [0, 0.1) is 6.92 Å². The number of carbonyl (C=O) groups excluding carboxylic acids is 2. The van der Waals surface area contributed by atoms with Crippen LogP contribution >= 0.6 is 23.2 Å². The van der Waals surface area contributed by atoms with Gasteiger partial charge in [-0.3, -0.25) is 13.9 Å². The minimum absolute atomic E-state index is 0.0212. The summed E-state index contributed by atoms with van der Waals surface area (Å²) in [6.45, 7) is 3.50. The van der Waals surface area contributed by atoms with Gasteiger partial charge >= 0.3 is 0 Å². The van der Waals surface area contributed by atoms with Crippen LogP contribution < -0.4 is 14.4 Å². The van der Waals surface area contributed by atoms with E-state index in [-0.39, 0.29) is 40.2 Å². The number of ether oxygens (including phenoxy) is 1. The van der Waals surface area contributed by atoms with E-state index in [1.54, 1.807) is 42.5 Å². The Kier molecular flexibility index (Phi) is 12.1. The van der Waals surface area contributed by atoms with Crippen molar-refractivity contribution in [1.29, 1.82) is 0 Å². The number of amides is 2. The summed E-state index contributed by atoms with van der Waals surface area (Å²) in [4.78, 5) is 29.7. The van der Waals surface area contributed by atoms with Gasteiger partial charge in [0.25, 0.3) is 10.0 Å². The zero-order chi connectivity index (χ0) is 33.3. The standard InChI is InChI=1S/C35H37Cl2N3O5S/c1-4-20-38-35(42)32(21-26-10-6-5-7-11-26)39(23-27-12-8-9-13-30(27)37)34(41)24-40(31-22-28(36)16-19-33(31)45-3)46(43,44)29-17-14-25(2)15-18-29/h5-19,22,32H,4,20-21,23-24H2,1-3H3,(H,38,42)/t32-/m0/s1. The lowest BCUT2D eigenvalue weighted by atomic mass is 10.0. The monoisotopic (exact) mass is 681 g/mol. The number of benzene rings is 4. The molecule has 4 aromatic rings. The molecule has 0 spiro atoms. The largest absolute Gasteiger partial charge is 0.495 e. The number of halogens is 2. The quantitative estimate of drug-likeness (QED) is 0.160. The summed E-state index contributed by atoms with van der Waals surface area (Å²) < 4.78 is 35.1. The van der Waals surface area contributed by atoms with Crippen LogP contribution in [0.15, 0.2) is 102 Å². The maximum absolute atomic E-state index is 14.6. The predicted molar refractivity (Wildman–Crippen MR) is 183 cm³/mol. The van der Waals surface area contributed by atoms with Crippen LogP contribution in [0.4, 0.5) is 5.69 Å². The Balaban J connectivity index is 1.85. The van der Waals surface area contributed by atoms with Gasteiger partial charge in [0.2, 0.25) is 11.8 Å². The summed E-state index contributed by atoms with van der Waals surface area (Å²) >= 11 is 12.9. The topological polar surface area (TPSA) is 96.0 Å². The van der Waals surface area contributed by atoms with Gasteiger partial charge in [0.15, 0.2) is 0 Å². The molecule has 0 unspecified atom stereocenters. The number of carbonyl (C=O) groups is 2. The van der Waals surface area contributed by atoms with Gasteiger partial charge in [0.1, 0.15) is 18.3 Å². The molecule has 46 heavy (non-hydrogen) atoms. The highest BCUT2D eigenvalue weighted by atomic mass is 35.5. The first kappa shape index (κ1) is 34.8. The van der Waals surface area contributed by atoms with E-state index >= 15 is 0 Å². The van der Waals surface area contributed by atoms with Gasteiger partial charge in [0.05, 0.1) is 17.7 Å². The van der Waals surface area contributed by atoms with Crippen LogP contribution in [-0.2, 0) is 32.6 Å². The van der Waals surface area contributed by atoms with Crippen LogP contribution in [0.3, 0.4) is 0 Å². The highest BCUT2D eigenvalue weighted by molar-refractivity contribution is 7.92. The van der Waals surface area contributed by atoms with Crippen molar-refractivity contribution in [1.82, 2.24) is 10.2 Å². The molecule has 0 bridgehead atoms. The second kappa shape index (κ2) is 16.0. The Morgan fingerprint density at radius 1 is 0.913 bits per heavy atom. The molecule has 1 N–H and O–H groups in total. The SMILES string of the molecule is CCCNC(=O)[C@H](Cc1ccccc1)N(Cc1ccccc1Cl)C(=O)CN(c1cc(Cl)ccc1OC)S(=O)(=O)c1ccc(C)cc1. The van der Waals surface area contributed by atoms with E-state index < -0.39 is 28.5 Å². The molecule has 0 aromatic heterocycles. The first-order chi connectivity index (χ1) is 22.0. The molecule has 0 radical (unpaired) electrons. The highest BCUT2D eigenvalue weighted by Crippen LogP contribution is 2.35. The normalized spacial score (nSPS) is 11.8. The van der Waals surface area contributed by atoms with Gasteiger partial charge in [-0.1, -0.05) is 96.4 Å². The molecule has 11 heteroatoms. The number of nitrogens with one attached hydrogen (secondary N) is 1. The van der Waals surface area contributed by atoms with Gasteiger partial charge < -0.3 is 15.0 Å². The number of rotatable bonds is 14. The summed E-state index contributed by atoms with van der Waals surface area (Å²) in [6, 6.07) is 26.3. The second-order valence-corrected chi connectivity index (χ2v) is 13.5. The van der Waals surface area contributed by atoms with E-state index in [9.17, 15) is 18.0 Å². The van der Waals surface area contributed by atoms with E-state index in [4.69, 9.17) is 27.9 Å². The summed E-state index contributed by atoms with van der Waals surface area (Å²) in [5, 5.41) is 3.59. The smallest absolute Gasteiger partial charge is 0.264 e. The molecule has 8 nitrogen and oxygen atoms in total. The lowest BCUT2D eigenvalue weighted by molar-refractivity contribution is -0.140. The fourth-order valence-electron chi connectivity index (χ4n) is 4.94. The lowest BCUT2D eigenvalue weighted by Gasteiger charge is -2.34. The van der Waals surface area contributed by atoms with E-state index in [2.05, 4.69) is 5.32 Å². The molecule has 0 fully saturated rings. The van der Waals surface area contributed by atoms with Crippen molar-refractivity contribution >= 4 is 50.7 Å². The molecule has 0 aliphatic heterocycles. The minimum Gasteiger partial charge on any atom is -0.495 e. The van der Waals surface area contributed by atoms with E-state index in [1.165, 1.54) is 36.3 Å². The fourth-order valence-corrected chi connectivity index (χ4v) is 6.72. The Morgan fingerprint density at radius 2 is 1.59 bits per heavy atom. The summed E-state index contributed by atoms with van der Waals surface area (Å²) in [6.07, 6.45) is 0.886. The number of methoxy groups -OCH3 is 1. The van der Waals surface area contributed by atoms with Crippen LogP contribution in [0.1, 0.15) is 30.0 Å². The number of anilines is 1. The molecule has 0 saturated carbocycles. The Hall–Kier alpha value is -4.05. The summed E-state index contributed by atoms with van der Waals surface area (Å²) in [7, 11) is -2.92. The minimum atomic E-state index is -4.33. The van der Waals surface area contributed by atoms with E-state index in [1.807, 2.05) is 44.2 Å². The maximum atomic E-state index is 14.6. The van der Waals surface area contributed by atoms with E-state index in [0.29, 0.717) is 23.6 Å². The number of aryl methyl sites for hydroxylation is 1. The van der Waals surface area contributed by atoms with Gasteiger partial charge in [-0.15, -0.1) is 0 Å². The third kappa shape index (κ3) is 8.60. The number of sulfonamides is 1. The molecule has 0 saturated heterocycles. The van der Waals surface area contributed by atoms with Crippen molar-refractivity contribution in [2.24, 2.45) is 0 Å². The van der Waals surface area contributed by atoms with Crippen LogP contribution in [0.2, 0.25) is 10.0 Å². The van der Waals surface area contributed by atoms with Crippen LogP contribution in [-0.4, -0.2) is 51.4 Å². The third-order valence-corrected chi connectivity index (χ3v) is 9.79. The zero-order valence-electron chi connectivity index (χ0n) is 26.0. The molecule has 0 aliphatic rings. The highest BCUT2D eigenvalue weighted by Gasteiger charge is 2.35. The maximum Gasteiger partial charge on any atom is 0.264 e. The van der Waals surface area contributed by atoms with Crippen LogP contribution in [0.25, 0.3) is 0 Å². The van der Waals surface area contributed by atoms with Gasteiger partial charge in [-0.2, -0.15) is 0 Å².